The standard InChI is InChI=1S/C14H30N2O3/c1-6-19-14(18)8-13(17)9-15-12(7-11(2)3)10-16(4)5/h11-13,15,17H,6-10H2,1-5H3. The van der Waals surface area contributed by atoms with Crippen LogP contribution >= 0.6 is 0 Å². The van der Waals surface area contributed by atoms with Crippen molar-refractivity contribution >= 4 is 5.97 Å². The summed E-state index contributed by atoms with van der Waals surface area (Å²) in [6.45, 7) is 7.82. The van der Waals surface area contributed by atoms with Gasteiger partial charge in [0.15, 0.2) is 0 Å². The Kier molecular flexibility index (Phi) is 9.83. The number of carbonyl (C=O) groups excluding carboxylic acids is 1. The number of likely N-dealkylation sites (N-methyl/N-ethyl adjacent to an activating group) is 1. The number of esters is 1. The Morgan fingerprint density at radius 3 is 2.47 bits per heavy atom. The zero-order valence-electron chi connectivity index (χ0n) is 13.0. The largest absolute Gasteiger partial charge is 0.466 e. The van der Waals surface area contributed by atoms with E-state index in [4.69, 9.17) is 4.74 Å². The van der Waals surface area contributed by atoms with Gasteiger partial charge in [-0.2, -0.15) is 0 Å². The minimum Gasteiger partial charge on any atom is -0.466 e. The normalized spacial score (nSPS) is 14.7. The van der Waals surface area contributed by atoms with Gasteiger partial charge < -0.3 is 20.1 Å². The van der Waals surface area contributed by atoms with Crippen LogP contribution in [-0.4, -0.2) is 61.9 Å². The Balaban J connectivity index is 4.04. The summed E-state index contributed by atoms with van der Waals surface area (Å²) in [7, 11) is 4.06. The van der Waals surface area contributed by atoms with Gasteiger partial charge in [0.05, 0.1) is 19.1 Å². The molecular formula is C14H30N2O3. The number of hydrogen-bond donors (Lipinski definition) is 2. The summed E-state index contributed by atoms with van der Waals surface area (Å²) < 4.78 is 4.81. The monoisotopic (exact) mass is 274 g/mol. The number of nitrogens with one attached hydrogen (secondary N) is 1. The molecule has 0 heterocycles. The van der Waals surface area contributed by atoms with Gasteiger partial charge >= 0.3 is 5.97 Å². The summed E-state index contributed by atoms with van der Waals surface area (Å²) in [5.74, 6) is 0.254. The Hall–Kier alpha value is -0.650. The molecule has 0 aromatic heterocycles. The van der Waals surface area contributed by atoms with Gasteiger partial charge in [-0.05, 0) is 33.4 Å². The van der Waals surface area contributed by atoms with Crippen molar-refractivity contribution < 1.29 is 14.6 Å². The number of nitrogens with zero attached hydrogens (tertiary/aromatic N) is 1. The highest BCUT2D eigenvalue weighted by molar-refractivity contribution is 5.69. The molecule has 0 radical (unpaired) electrons. The topological polar surface area (TPSA) is 61.8 Å². The minimum atomic E-state index is -0.684. The van der Waals surface area contributed by atoms with Crippen molar-refractivity contribution in [2.75, 3.05) is 33.8 Å². The van der Waals surface area contributed by atoms with Gasteiger partial charge in [0, 0.05) is 19.1 Å². The predicted octanol–water partition coefficient (Wildman–Crippen LogP) is 0.866. The predicted molar refractivity (Wildman–Crippen MR) is 77.1 cm³/mol. The van der Waals surface area contributed by atoms with Gasteiger partial charge in [0.25, 0.3) is 0 Å². The van der Waals surface area contributed by atoms with Crippen LogP contribution in [0.3, 0.4) is 0 Å². The first-order chi connectivity index (χ1) is 8.85. The minimum absolute atomic E-state index is 0.0528. The van der Waals surface area contributed by atoms with E-state index in [2.05, 4.69) is 24.1 Å². The molecule has 5 nitrogen and oxygen atoms in total. The van der Waals surface area contributed by atoms with Gasteiger partial charge in [0.2, 0.25) is 0 Å². The van der Waals surface area contributed by atoms with E-state index in [1.54, 1.807) is 6.92 Å². The molecule has 2 N–H and O–H groups in total. The first-order valence-corrected chi connectivity index (χ1v) is 7.06. The Labute approximate surface area is 117 Å². The molecule has 2 atom stereocenters. The molecular weight excluding hydrogens is 244 g/mol. The summed E-state index contributed by atoms with van der Waals surface area (Å²) in [5, 5.41) is 13.1. The summed E-state index contributed by atoms with van der Waals surface area (Å²) in [6, 6.07) is 0.326. The van der Waals surface area contributed by atoms with Crippen LogP contribution in [0, 0.1) is 5.92 Å². The molecule has 0 saturated heterocycles. The van der Waals surface area contributed by atoms with Crippen LogP contribution in [0.15, 0.2) is 0 Å². The number of aliphatic hydroxyl groups excluding tert-OH is 1. The van der Waals surface area contributed by atoms with Crippen LogP contribution in [0.4, 0.5) is 0 Å². The zero-order chi connectivity index (χ0) is 14.8. The number of aliphatic hydroxyl groups is 1. The number of rotatable bonds is 10. The fourth-order valence-electron chi connectivity index (χ4n) is 2.02. The molecule has 0 aliphatic carbocycles. The van der Waals surface area contributed by atoms with Crippen molar-refractivity contribution in [2.45, 2.75) is 45.8 Å². The molecule has 5 heteroatoms. The van der Waals surface area contributed by atoms with Crippen molar-refractivity contribution in [1.29, 1.82) is 0 Å². The zero-order valence-corrected chi connectivity index (χ0v) is 13.0. The Morgan fingerprint density at radius 1 is 1.37 bits per heavy atom. The maximum Gasteiger partial charge on any atom is 0.308 e. The van der Waals surface area contributed by atoms with Crippen LogP contribution in [0.5, 0.6) is 0 Å². The lowest BCUT2D eigenvalue weighted by molar-refractivity contribution is -0.145. The van der Waals surface area contributed by atoms with E-state index in [1.165, 1.54) is 0 Å². The third-order valence-corrected chi connectivity index (χ3v) is 2.69. The average molecular weight is 274 g/mol. The van der Waals surface area contributed by atoms with E-state index in [0.717, 1.165) is 13.0 Å². The summed E-state index contributed by atoms with van der Waals surface area (Å²) in [4.78, 5) is 13.4. The van der Waals surface area contributed by atoms with Crippen LogP contribution in [-0.2, 0) is 9.53 Å². The highest BCUT2D eigenvalue weighted by Gasteiger charge is 2.16. The van der Waals surface area contributed by atoms with E-state index in [0.29, 0.717) is 25.1 Å². The first-order valence-electron chi connectivity index (χ1n) is 7.06. The second-order valence-electron chi connectivity index (χ2n) is 5.66. The quantitative estimate of drug-likeness (QED) is 0.579. The first kappa shape index (κ1) is 18.4. The lowest BCUT2D eigenvalue weighted by Crippen LogP contribution is -2.43. The van der Waals surface area contributed by atoms with Crippen molar-refractivity contribution in [3.05, 3.63) is 0 Å². The Morgan fingerprint density at radius 2 is 2.00 bits per heavy atom. The number of hydrogen-bond acceptors (Lipinski definition) is 5. The Bertz CT molecular complexity index is 235. The van der Waals surface area contributed by atoms with Gasteiger partial charge in [-0.25, -0.2) is 0 Å². The maximum atomic E-state index is 11.2. The highest BCUT2D eigenvalue weighted by atomic mass is 16.5. The fourth-order valence-corrected chi connectivity index (χ4v) is 2.02. The molecule has 0 fully saturated rings. The van der Waals surface area contributed by atoms with E-state index < -0.39 is 6.10 Å². The molecule has 0 aromatic rings. The van der Waals surface area contributed by atoms with Crippen LogP contribution in [0.2, 0.25) is 0 Å². The van der Waals surface area contributed by atoms with E-state index >= 15 is 0 Å². The van der Waals surface area contributed by atoms with Gasteiger partial charge in [0.1, 0.15) is 0 Å². The van der Waals surface area contributed by atoms with Crippen molar-refractivity contribution in [1.82, 2.24) is 10.2 Å². The highest BCUT2D eigenvalue weighted by Crippen LogP contribution is 2.06. The summed E-state index contributed by atoms with van der Waals surface area (Å²) >= 11 is 0. The molecule has 114 valence electrons. The molecule has 0 aromatic carbocycles. The molecule has 2 unspecified atom stereocenters. The molecule has 0 spiro atoms. The number of carbonyl (C=O) groups is 1. The second-order valence-corrected chi connectivity index (χ2v) is 5.66. The van der Waals surface area contributed by atoms with Crippen molar-refractivity contribution in [2.24, 2.45) is 5.92 Å². The van der Waals surface area contributed by atoms with Crippen molar-refractivity contribution in [3.63, 3.8) is 0 Å². The summed E-state index contributed by atoms with van der Waals surface area (Å²) in [5.41, 5.74) is 0. The maximum absolute atomic E-state index is 11.2. The van der Waals surface area contributed by atoms with E-state index in [1.807, 2.05) is 14.1 Å². The average Bonchev–Trinajstić information content (AvgIpc) is 2.24. The van der Waals surface area contributed by atoms with Gasteiger partial charge in [-0.15, -0.1) is 0 Å². The third-order valence-electron chi connectivity index (χ3n) is 2.69. The van der Waals surface area contributed by atoms with Crippen LogP contribution < -0.4 is 5.32 Å². The van der Waals surface area contributed by atoms with Gasteiger partial charge in [-0.1, -0.05) is 13.8 Å². The molecule has 0 bridgehead atoms. The molecule has 0 aliphatic heterocycles. The smallest absolute Gasteiger partial charge is 0.308 e. The van der Waals surface area contributed by atoms with Crippen LogP contribution in [0.1, 0.15) is 33.6 Å². The van der Waals surface area contributed by atoms with Gasteiger partial charge in [-0.3, -0.25) is 4.79 Å². The summed E-state index contributed by atoms with van der Waals surface area (Å²) in [6.07, 6.45) is 0.414. The fraction of sp³-hybridized carbons (Fsp3) is 0.929. The van der Waals surface area contributed by atoms with Crippen molar-refractivity contribution in [3.8, 4) is 0 Å². The van der Waals surface area contributed by atoms with E-state index in [9.17, 15) is 9.90 Å². The number of ether oxygens (including phenoxy) is 1. The van der Waals surface area contributed by atoms with Crippen LogP contribution in [0.25, 0.3) is 0 Å². The SMILES string of the molecule is CCOC(=O)CC(O)CNC(CC(C)C)CN(C)C. The molecule has 0 saturated carbocycles. The molecule has 0 aliphatic rings. The lowest BCUT2D eigenvalue weighted by Gasteiger charge is -2.25. The van der Waals surface area contributed by atoms with E-state index in [-0.39, 0.29) is 12.4 Å². The molecule has 0 rings (SSSR count). The second kappa shape index (κ2) is 10.2. The molecule has 0 amide bonds. The lowest BCUT2D eigenvalue weighted by atomic mass is 10.0. The molecule has 19 heavy (non-hydrogen) atoms. The third kappa shape index (κ3) is 10.9.